The maximum absolute atomic E-state index is 13.6. The number of carbonyl (C=O) groups excluding carboxylic acids is 4. The minimum absolute atomic E-state index is 0.276. The van der Waals surface area contributed by atoms with Gasteiger partial charge in [-0.05, 0) is 25.3 Å². The number of Topliss-reactive ketones (excluding diaryl/α,β-unsaturated/α-hetero) is 3. The van der Waals surface area contributed by atoms with Crippen molar-refractivity contribution in [1.82, 2.24) is 0 Å². The van der Waals surface area contributed by atoms with Crippen molar-refractivity contribution in [3.05, 3.63) is 12.2 Å². The molecule has 0 spiro atoms. The van der Waals surface area contributed by atoms with Gasteiger partial charge in [-0.2, -0.15) is 0 Å². The Morgan fingerprint density at radius 3 is 1.17 bits per heavy atom. The fraction of sp³-hybridized carbons (Fsp3) is 0.880. The third kappa shape index (κ3) is 26.0. The molecule has 0 heterocycles. The lowest BCUT2D eigenvalue weighted by Crippen LogP contribution is -2.69. The Kier molecular flexibility index (Phi) is 37.6. The molecule has 0 aliphatic carbocycles. The van der Waals surface area contributed by atoms with E-state index in [1.165, 1.54) is 147 Å². The first-order valence-electron chi connectivity index (χ1n) is 24.8. The van der Waals surface area contributed by atoms with E-state index in [-0.39, 0.29) is 6.42 Å². The summed E-state index contributed by atoms with van der Waals surface area (Å²) in [7, 11) is 0. The van der Waals surface area contributed by atoms with Crippen molar-refractivity contribution in [2.24, 2.45) is 0 Å². The van der Waals surface area contributed by atoms with Crippen LogP contribution in [0.3, 0.4) is 0 Å². The van der Waals surface area contributed by atoms with Crippen molar-refractivity contribution in [3.8, 4) is 0 Å². The van der Waals surface area contributed by atoms with Gasteiger partial charge in [0.1, 0.15) is 12.2 Å². The zero-order valence-corrected chi connectivity index (χ0v) is 38.5. The van der Waals surface area contributed by atoms with Gasteiger partial charge in [0.25, 0.3) is 0 Å². The van der Waals surface area contributed by atoms with Crippen molar-refractivity contribution in [3.63, 3.8) is 0 Å². The first kappa shape index (κ1) is 58.2. The number of aliphatic hydroxyl groups excluding tert-OH is 4. The van der Waals surface area contributed by atoms with E-state index < -0.39 is 72.6 Å². The summed E-state index contributed by atoms with van der Waals surface area (Å²) in [5.41, 5.74) is -6.53. The van der Waals surface area contributed by atoms with Gasteiger partial charge < -0.3 is 30.6 Å². The van der Waals surface area contributed by atoms with Crippen LogP contribution in [0.4, 0.5) is 0 Å². The molecule has 4 atom stereocenters. The fourth-order valence-corrected chi connectivity index (χ4v) is 8.02. The highest BCUT2D eigenvalue weighted by molar-refractivity contribution is 6.20. The normalized spacial score (nSPS) is 14.9. The Hall–Kier alpha value is -1.82. The summed E-state index contributed by atoms with van der Waals surface area (Å²) in [6, 6.07) is 0. The highest BCUT2D eigenvalue weighted by Crippen LogP contribution is 2.31. The number of carbonyl (C=O) groups is 4. The topological polar surface area (TPSA) is 190 Å². The number of ketones is 4. The molecular weight excluding hydrogens is 761 g/mol. The number of hydrogen-bond acceptors (Lipinski definition) is 10. The molecule has 0 amide bonds. The third-order valence-electron chi connectivity index (χ3n) is 12.3. The molecule has 0 aliphatic heterocycles. The second kappa shape index (κ2) is 38.8. The number of hydrogen-bond donors (Lipinski definition) is 6. The van der Waals surface area contributed by atoms with E-state index in [0.29, 0.717) is 19.3 Å². The lowest BCUT2D eigenvalue weighted by molar-refractivity contribution is -0.192. The average Bonchev–Trinajstić information content (AvgIpc) is 3.25. The van der Waals surface area contributed by atoms with Crippen LogP contribution in [0.5, 0.6) is 0 Å². The number of aliphatic hydroxyl groups is 6. The molecule has 0 fully saturated rings. The van der Waals surface area contributed by atoms with E-state index in [4.69, 9.17) is 5.11 Å². The summed E-state index contributed by atoms with van der Waals surface area (Å²) in [5.74, 6) is -4.72. The molecule has 0 aromatic carbocycles. The van der Waals surface area contributed by atoms with Gasteiger partial charge in [0.15, 0.2) is 28.7 Å². The largest absolute Gasteiger partial charge is 0.394 e. The Labute approximate surface area is 365 Å². The molecule has 352 valence electrons. The van der Waals surface area contributed by atoms with Gasteiger partial charge in [-0.3, -0.25) is 19.2 Å². The summed E-state index contributed by atoms with van der Waals surface area (Å²) in [4.78, 5) is 52.9. The van der Waals surface area contributed by atoms with E-state index in [2.05, 4.69) is 13.8 Å². The summed E-state index contributed by atoms with van der Waals surface area (Å²) in [6.07, 6.45) is 34.9. The molecule has 6 N–H and O–H groups in total. The SMILES string of the molecule is CCCCCCCCCCCCCCCCC/C=C/C(=O)C(O)(C(=O)CCC(=O)C(O)C(O)CO)C(O)(CO)C(=O)CCCCCCCCCCCCCCCCCCC. The molecule has 0 aromatic heterocycles. The van der Waals surface area contributed by atoms with Crippen LogP contribution in [0.1, 0.15) is 245 Å². The van der Waals surface area contributed by atoms with Crippen molar-refractivity contribution in [2.75, 3.05) is 13.2 Å². The van der Waals surface area contributed by atoms with Crippen LogP contribution in [0, 0.1) is 0 Å². The van der Waals surface area contributed by atoms with Gasteiger partial charge in [0, 0.05) is 19.3 Å². The summed E-state index contributed by atoms with van der Waals surface area (Å²) >= 11 is 0. The molecule has 0 aromatic rings. The monoisotopic (exact) mass is 853 g/mol. The van der Waals surface area contributed by atoms with E-state index in [0.717, 1.165) is 57.4 Å². The predicted molar refractivity (Wildman–Crippen MR) is 243 cm³/mol. The molecule has 10 heteroatoms. The summed E-state index contributed by atoms with van der Waals surface area (Å²) in [6.45, 7) is 2.17. The van der Waals surface area contributed by atoms with Gasteiger partial charge in [-0.1, -0.05) is 213 Å². The average molecular weight is 853 g/mol. The number of unbranched alkanes of at least 4 members (excludes halogenated alkanes) is 31. The zero-order chi connectivity index (χ0) is 44.7. The van der Waals surface area contributed by atoms with Crippen LogP contribution in [0.2, 0.25) is 0 Å². The van der Waals surface area contributed by atoms with Crippen molar-refractivity contribution < 1.29 is 49.8 Å². The quantitative estimate of drug-likeness (QED) is 0.0195. The smallest absolute Gasteiger partial charge is 0.223 e. The second-order valence-corrected chi connectivity index (χ2v) is 17.6. The molecule has 0 saturated carbocycles. The Morgan fingerprint density at radius 1 is 0.467 bits per heavy atom. The first-order valence-corrected chi connectivity index (χ1v) is 24.8. The van der Waals surface area contributed by atoms with E-state index in [1.807, 2.05) is 0 Å². The van der Waals surface area contributed by atoms with Crippen LogP contribution in [0.25, 0.3) is 0 Å². The van der Waals surface area contributed by atoms with Crippen LogP contribution in [0.15, 0.2) is 12.2 Å². The second-order valence-electron chi connectivity index (χ2n) is 17.6. The van der Waals surface area contributed by atoms with E-state index in [1.54, 1.807) is 0 Å². The van der Waals surface area contributed by atoms with Crippen molar-refractivity contribution >= 4 is 23.1 Å². The van der Waals surface area contributed by atoms with Gasteiger partial charge in [0.05, 0.1) is 13.2 Å². The van der Waals surface area contributed by atoms with E-state index >= 15 is 0 Å². The van der Waals surface area contributed by atoms with Crippen LogP contribution in [-0.4, -0.2) is 90.4 Å². The minimum atomic E-state index is -3.38. The molecule has 0 radical (unpaired) electrons. The molecule has 10 nitrogen and oxygen atoms in total. The predicted octanol–water partition coefficient (Wildman–Crippen LogP) is 10.1. The van der Waals surface area contributed by atoms with Crippen LogP contribution in [-0.2, 0) is 19.2 Å². The highest BCUT2D eigenvalue weighted by Gasteiger charge is 2.62. The Balaban J connectivity index is 4.94. The maximum Gasteiger partial charge on any atom is 0.223 e. The lowest BCUT2D eigenvalue weighted by Gasteiger charge is -2.38. The summed E-state index contributed by atoms with van der Waals surface area (Å²) in [5, 5.41) is 62.1. The molecule has 0 saturated heterocycles. The molecule has 4 unspecified atom stereocenters. The molecule has 0 aliphatic rings. The number of allylic oxidation sites excluding steroid dienone is 1. The molecule has 0 bridgehead atoms. The van der Waals surface area contributed by atoms with Gasteiger partial charge in [0.2, 0.25) is 5.60 Å². The van der Waals surface area contributed by atoms with Crippen LogP contribution < -0.4 is 0 Å². The minimum Gasteiger partial charge on any atom is -0.394 e. The Morgan fingerprint density at radius 2 is 0.817 bits per heavy atom. The van der Waals surface area contributed by atoms with Crippen molar-refractivity contribution in [1.29, 1.82) is 0 Å². The molecular formula is C50H92O10. The van der Waals surface area contributed by atoms with Gasteiger partial charge >= 0.3 is 0 Å². The zero-order valence-electron chi connectivity index (χ0n) is 38.5. The maximum atomic E-state index is 13.6. The number of rotatable bonds is 46. The molecule has 0 rings (SSSR count). The fourth-order valence-electron chi connectivity index (χ4n) is 8.02. The van der Waals surface area contributed by atoms with Gasteiger partial charge in [-0.25, -0.2) is 0 Å². The highest BCUT2D eigenvalue weighted by atomic mass is 16.4. The van der Waals surface area contributed by atoms with Crippen LogP contribution >= 0.6 is 0 Å². The lowest BCUT2D eigenvalue weighted by atomic mass is 9.71. The first-order chi connectivity index (χ1) is 29.0. The molecule has 60 heavy (non-hydrogen) atoms. The van der Waals surface area contributed by atoms with Gasteiger partial charge in [-0.15, -0.1) is 0 Å². The standard InChI is InChI=1S/C50H92O10/c1-3-5-7-9-11-13-15-17-19-21-23-25-27-29-31-33-35-37-45(55)49(59,42-52)50(60,47(57)40-39-43(53)48(58)44(54)41-51)46(56)38-36-34-32-30-28-26-24-22-20-18-16-14-12-10-8-6-4-2/h36,38,44,48,51-52,54,58-60H,3-35,37,39-42H2,1-2H3/b38-36+. The van der Waals surface area contributed by atoms with Crippen molar-refractivity contribution in [2.45, 2.75) is 268 Å². The summed E-state index contributed by atoms with van der Waals surface area (Å²) < 4.78 is 0. The Bertz CT molecular complexity index is 1110. The van der Waals surface area contributed by atoms with E-state index in [9.17, 15) is 44.7 Å². The third-order valence-corrected chi connectivity index (χ3v) is 12.3.